The van der Waals surface area contributed by atoms with Crippen LogP contribution in [0.1, 0.15) is 49.9 Å². The molecule has 1 unspecified atom stereocenters. The molecule has 2 aliphatic carbocycles. The summed E-state index contributed by atoms with van der Waals surface area (Å²) in [6.45, 7) is 2.23. The van der Waals surface area contributed by atoms with Crippen molar-refractivity contribution in [3.8, 4) is 0 Å². The van der Waals surface area contributed by atoms with Crippen molar-refractivity contribution in [1.82, 2.24) is 19.7 Å². The molecule has 1 saturated heterocycles. The van der Waals surface area contributed by atoms with Crippen LogP contribution < -0.4 is 0 Å². The van der Waals surface area contributed by atoms with Gasteiger partial charge >= 0.3 is 5.97 Å². The van der Waals surface area contributed by atoms with Crippen LogP contribution in [0.4, 0.5) is 0 Å². The Morgan fingerprint density at radius 2 is 2.00 bits per heavy atom. The Labute approximate surface area is 127 Å². The molecule has 3 fully saturated rings. The first-order valence-corrected chi connectivity index (χ1v) is 8.74. The van der Waals surface area contributed by atoms with E-state index in [0.717, 1.165) is 36.5 Å². The Morgan fingerprint density at radius 3 is 2.67 bits per heavy atom. The second kappa shape index (κ2) is 5.28. The molecule has 0 amide bonds. The fraction of sp³-hybridized carbons (Fsp3) is 0.786. The SMILES string of the molecule is O=C(O)CSc1nnc(C2CC2)n1C1CCN(C2CC2)C1. The van der Waals surface area contributed by atoms with Crippen molar-refractivity contribution in [2.75, 3.05) is 18.8 Å². The highest BCUT2D eigenvalue weighted by Gasteiger charge is 2.38. The number of thioether (sulfide) groups is 1. The maximum Gasteiger partial charge on any atom is 0.313 e. The van der Waals surface area contributed by atoms with Crippen LogP contribution in [-0.4, -0.2) is 55.6 Å². The summed E-state index contributed by atoms with van der Waals surface area (Å²) in [5, 5.41) is 18.3. The first-order chi connectivity index (χ1) is 10.2. The van der Waals surface area contributed by atoms with Crippen LogP contribution in [0, 0.1) is 0 Å². The Bertz CT molecular complexity index is 553. The lowest BCUT2D eigenvalue weighted by Gasteiger charge is -2.18. The molecule has 4 rings (SSSR count). The molecule has 114 valence electrons. The largest absolute Gasteiger partial charge is 0.481 e. The predicted molar refractivity (Wildman–Crippen MR) is 78.6 cm³/mol. The number of carboxylic acid groups (broad SMARTS) is 1. The zero-order valence-electron chi connectivity index (χ0n) is 11.9. The van der Waals surface area contributed by atoms with Crippen molar-refractivity contribution in [2.45, 2.75) is 55.3 Å². The zero-order chi connectivity index (χ0) is 14.4. The van der Waals surface area contributed by atoms with Gasteiger partial charge in [-0.1, -0.05) is 11.8 Å². The number of carboxylic acids is 1. The lowest BCUT2D eigenvalue weighted by atomic mass is 10.2. The first-order valence-electron chi connectivity index (χ1n) is 7.76. The van der Waals surface area contributed by atoms with Crippen LogP contribution in [0.3, 0.4) is 0 Å². The summed E-state index contributed by atoms with van der Waals surface area (Å²) in [5.74, 6) is 0.896. The monoisotopic (exact) mass is 308 g/mol. The van der Waals surface area contributed by atoms with E-state index in [4.69, 9.17) is 5.11 Å². The number of aromatic nitrogens is 3. The standard InChI is InChI=1S/C14H20N4O2S/c19-12(20)8-21-14-16-15-13(9-1-2-9)18(14)11-5-6-17(7-11)10-3-4-10/h9-11H,1-8H2,(H,19,20). The second-order valence-corrected chi connectivity index (χ2v) is 7.28. The van der Waals surface area contributed by atoms with Crippen LogP contribution >= 0.6 is 11.8 Å². The summed E-state index contributed by atoms with van der Waals surface area (Å²) >= 11 is 1.30. The molecule has 1 aliphatic heterocycles. The summed E-state index contributed by atoms with van der Waals surface area (Å²) in [7, 11) is 0. The highest BCUT2D eigenvalue weighted by atomic mass is 32.2. The number of hydrogen-bond donors (Lipinski definition) is 1. The van der Waals surface area contributed by atoms with E-state index < -0.39 is 5.97 Å². The number of rotatable bonds is 6. The quantitative estimate of drug-likeness (QED) is 0.807. The molecule has 6 nitrogen and oxygen atoms in total. The van der Waals surface area contributed by atoms with Gasteiger partial charge < -0.3 is 9.67 Å². The molecule has 2 heterocycles. The minimum Gasteiger partial charge on any atom is -0.481 e. The predicted octanol–water partition coefficient (Wildman–Crippen LogP) is 1.74. The maximum atomic E-state index is 10.8. The van der Waals surface area contributed by atoms with Gasteiger partial charge in [0, 0.05) is 25.0 Å². The van der Waals surface area contributed by atoms with E-state index in [1.165, 1.54) is 37.4 Å². The van der Waals surface area contributed by atoms with Gasteiger partial charge in [-0.2, -0.15) is 0 Å². The van der Waals surface area contributed by atoms with E-state index in [2.05, 4.69) is 19.7 Å². The number of carbonyl (C=O) groups is 1. The summed E-state index contributed by atoms with van der Waals surface area (Å²) in [6.07, 6.45) is 6.20. The molecule has 2 saturated carbocycles. The van der Waals surface area contributed by atoms with E-state index >= 15 is 0 Å². The Balaban J connectivity index is 1.55. The van der Waals surface area contributed by atoms with Gasteiger partial charge in [-0.3, -0.25) is 9.69 Å². The van der Waals surface area contributed by atoms with Crippen LogP contribution in [-0.2, 0) is 4.79 Å². The third kappa shape index (κ3) is 2.81. The number of nitrogens with zero attached hydrogens (tertiary/aromatic N) is 4. The third-order valence-electron chi connectivity index (χ3n) is 4.58. The van der Waals surface area contributed by atoms with E-state index in [1.807, 2.05) is 0 Å². The molecule has 0 bridgehead atoms. The smallest absolute Gasteiger partial charge is 0.313 e. The highest BCUT2D eigenvalue weighted by Crippen LogP contribution is 2.43. The minimum absolute atomic E-state index is 0.0574. The number of aliphatic carboxylic acids is 1. The van der Waals surface area contributed by atoms with Crippen molar-refractivity contribution < 1.29 is 9.90 Å². The summed E-state index contributed by atoms with van der Waals surface area (Å²) < 4.78 is 2.26. The molecule has 1 aromatic heterocycles. The molecule has 0 radical (unpaired) electrons. The molecular formula is C14H20N4O2S. The average molecular weight is 308 g/mol. The van der Waals surface area contributed by atoms with Crippen molar-refractivity contribution in [3.63, 3.8) is 0 Å². The molecule has 1 N–H and O–H groups in total. The fourth-order valence-electron chi connectivity index (χ4n) is 3.23. The molecule has 0 aromatic carbocycles. The molecular weight excluding hydrogens is 288 g/mol. The first kappa shape index (κ1) is 13.6. The van der Waals surface area contributed by atoms with Gasteiger partial charge in [0.25, 0.3) is 0 Å². The molecule has 7 heteroatoms. The molecule has 21 heavy (non-hydrogen) atoms. The molecule has 3 aliphatic rings. The third-order valence-corrected chi connectivity index (χ3v) is 5.51. The summed E-state index contributed by atoms with van der Waals surface area (Å²) in [6, 6.07) is 1.22. The Kier molecular flexibility index (Phi) is 3.41. The van der Waals surface area contributed by atoms with Crippen molar-refractivity contribution in [2.24, 2.45) is 0 Å². The van der Waals surface area contributed by atoms with Gasteiger partial charge in [0.05, 0.1) is 11.8 Å². The van der Waals surface area contributed by atoms with Crippen LogP contribution in [0.25, 0.3) is 0 Å². The van der Waals surface area contributed by atoms with Gasteiger partial charge in [0.15, 0.2) is 5.16 Å². The second-order valence-electron chi connectivity index (χ2n) is 6.34. The summed E-state index contributed by atoms with van der Waals surface area (Å²) in [4.78, 5) is 13.4. The van der Waals surface area contributed by atoms with Crippen molar-refractivity contribution in [3.05, 3.63) is 5.82 Å². The number of hydrogen-bond acceptors (Lipinski definition) is 5. The van der Waals surface area contributed by atoms with Crippen molar-refractivity contribution in [1.29, 1.82) is 0 Å². The Hall–Kier alpha value is -1.08. The average Bonchev–Trinajstić information content (AvgIpc) is 3.39. The lowest BCUT2D eigenvalue weighted by Crippen LogP contribution is -2.24. The van der Waals surface area contributed by atoms with E-state index in [1.54, 1.807) is 0 Å². The summed E-state index contributed by atoms with van der Waals surface area (Å²) in [5.41, 5.74) is 0. The molecule has 1 atom stereocenters. The lowest BCUT2D eigenvalue weighted by molar-refractivity contribution is -0.133. The zero-order valence-corrected chi connectivity index (χ0v) is 12.8. The van der Waals surface area contributed by atoms with Gasteiger partial charge in [-0.15, -0.1) is 10.2 Å². The maximum absolute atomic E-state index is 10.8. The van der Waals surface area contributed by atoms with E-state index in [0.29, 0.717) is 12.0 Å². The minimum atomic E-state index is -0.798. The van der Waals surface area contributed by atoms with Crippen LogP contribution in [0.5, 0.6) is 0 Å². The number of likely N-dealkylation sites (tertiary alicyclic amines) is 1. The fourth-order valence-corrected chi connectivity index (χ4v) is 3.96. The topological polar surface area (TPSA) is 71.2 Å². The van der Waals surface area contributed by atoms with Crippen LogP contribution in [0.15, 0.2) is 5.16 Å². The molecule has 1 aromatic rings. The van der Waals surface area contributed by atoms with Gasteiger partial charge in [-0.05, 0) is 32.1 Å². The van der Waals surface area contributed by atoms with E-state index in [-0.39, 0.29) is 5.75 Å². The van der Waals surface area contributed by atoms with Gasteiger partial charge in [0.1, 0.15) is 5.82 Å². The molecule has 0 spiro atoms. The normalized spacial score (nSPS) is 26.4. The van der Waals surface area contributed by atoms with E-state index in [9.17, 15) is 4.79 Å². The van der Waals surface area contributed by atoms with Gasteiger partial charge in [0.2, 0.25) is 0 Å². The highest BCUT2D eigenvalue weighted by molar-refractivity contribution is 7.99. The Morgan fingerprint density at radius 1 is 1.19 bits per heavy atom. The van der Waals surface area contributed by atoms with Gasteiger partial charge in [-0.25, -0.2) is 0 Å². The van der Waals surface area contributed by atoms with Crippen molar-refractivity contribution >= 4 is 17.7 Å². The van der Waals surface area contributed by atoms with Crippen LogP contribution in [0.2, 0.25) is 0 Å².